The number of fused-ring (bicyclic) bond motifs is 1. The zero-order chi connectivity index (χ0) is 17.1. The van der Waals surface area contributed by atoms with Crippen molar-refractivity contribution in [3.63, 3.8) is 0 Å². The number of aliphatic imine (C=N–C) groups is 1. The Hall–Kier alpha value is -3.72. The van der Waals surface area contributed by atoms with Crippen molar-refractivity contribution in [1.29, 1.82) is 5.26 Å². The van der Waals surface area contributed by atoms with Gasteiger partial charge in [-0.05, 0) is 35.9 Å². The number of hydrogen-bond donors (Lipinski definition) is 2. The quantitative estimate of drug-likeness (QED) is 0.555. The molecule has 0 atom stereocenters. The highest BCUT2D eigenvalue weighted by Crippen LogP contribution is 2.30. The van der Waals surface area contributed by atoms with Gasteiger partial charge in [0, 0.05) is 22.7 Å². The third-order valence-electron chi connectivity index (χ3n) is 3.56. The van der Waals surface area contributed by atoms with Crippen LogP contribution >= 0.6 is 0 Å². The second-order valence-corrected chi connectivity index (χ2v) is 5.09. The van der Waals surface area contributed by atoms with Crippen LogP contribution in [0.2, 0.25) is 0 Å². The van der Waals surface area contributed by atoms with Gasteiger partial charge >= 0.3 is 0 Å². The number of pyridine rings is 1. The standard InChI is InChI=1S/C18H13N5O/c19-10-12-3-1-2-4-13(12)14-7-8-22-16-6-5-11(9-15(14)16)17(24)23-18(20)21/h1-9H,(H4,20,21,23,24). The summed E-state index contributed by atoms with van der Waals surface area (Å²) in [6.07, 6.45) is 1.67. The Balaban J connectivity index is 2.25. The van der Waals surface area contributed by atoms with Crippen LogP contribution in [0.3, 0.4) is 0 Å². The fourth-order valence-electron chi connectivity index (χ4n) is 2.51. The molecule has 0 unspecified atom stereocenters. The Bertz CT molecular complexity index is 1010. The van der Waals surface area contributed by atoms with E-state index in [-0.39, 0.29) is 5.96 Å². The first-order chi connectivity index (χ1) is 11.6. The van der Waals surface area contributed by atoms with Gasteiger partial charge in [-0.2, -0.15) is 10.3 Å². The van der Waals surface area contributed by atoms with Gasteiger partial charge in [-0.3, -0.25) is 9.78 Å². The maximum atomic E-state index is 12.0. The molecule has 0 aliphatic rings. The molecule has 2 aromatic carbocycles. The number of aromatic nitrogens is 1. The summed E-state index contributed by atoms with van der Waals surface area (Å²) in [6, 6.07) is 16.3. The molecule has 0 saturated heterocycles. The minimum atomic E-state index is -0.528. The summed E-state index contributed by atoms with van der Waals surface area (Å²) in [6.45, 7) is 0. The number of hydrogen-bond acceptors (Lipinski definition) is 3. The molecule has 1 heterocycles. The van der Waals surface area contributed by atoms with Crippen molar-refractivity contribution in [2.75, 3.05) is 0 Å². The molecule has 1 aromatic heterocycles. The van der Waals surface area contributed by atoms with Gasteiger partial charge in [-0.25, -0.2) is 0 Å². The van der Waals surface area contributed by atoms with E-state index in [1.54, 1.807) is 36.5 Å². The maximum Gasteiger partial charge on any atom is 0.280 e. The van der Waals surface area contributed by atoms with Crippen molar-refractivity contribution in [3.8, 4) is 17.2 Å². The molecule has 0 aliphatic carbocycles. The highest BCUT2D eigenvalue weighted by molar-refractivity contribution is 6.06. The van der Waals surface area contributed by atoms with Crippen LogP contribution in [0, 0.1) is 11.3 Å². The molecule has 0 aliphatic heterocycles. The number of nitrogens with two attached hydrogens (primary N) is 2. The number of guanidine groups is 1. The lowest BCUT2D eigenvalue weighted by atomic mass is 9.96. The lowest BCUT2D eigenvalue weighted by molar-refractivity contribution is 0.100. The van der Waals surface area contributed by atoms with Crippen LogP contribution in [-0.2, 0) is 0 Å². The molecular weight excluding hydrogens is 302 g/mol. The van der Waals surface area contributed by atoms with Crippen LogP contribution in [0.25, 0.3) is 22.0 Å². The molecule has 116 valence electrons. The number of carbonyl (C=O) groups is 1. The number of amides is 1. The van der Waals surface area contributed by atoms with Gasteiger partial charge < -0.3 is 11.5 Å². The van der Waals surface area contributed by atoms with E-state index in [1.807, 2.05) is 18.2 Å². The first-order valence-electron chi connectivity index (χ1n) is 7.12. The van der Waals surface area contributed by atoms with Crippen LogP contribution in [0.4, 0.5) is 0 Å². The van der Waals surface area contributed by atoms with Crippen molar-refractivity contribution >= 4 is 22.8 Å². The average Bonchev–Trinajstić information content (AvgIpc) is 2.60. The Kier molecular flexibility index (Phi) is 3.91. The minimum absolute atomic E-state index is 0.290. The predicted molar refractivity (Wildman–Crippen MR) is 92.0 cm³/mol. The Morgan fingerprint density at radius 1 is 1.08 bits per heavy atom. The van der Waals surface area contributed by atoms with E-state index in [4.69, 9.17) is 11.5 Å². The van der Waals surface area contributed by atoms with Crippen molar-refractivity contribution in [2.24, 2.45) is 16.5 Å². The van der Waals surface area contributed by atoms with Gasteiger partial charge in [-0.1, -0.05) is 18.2 Å². The molecule has 0 saturated carbocycles. The summed E-state index contributed by atoms with van der Waals surface area (Å²) < 4.78 is 0. The zero-order valence-corrected chi connectivity index (χ0v) is 12.6. The van der Waals surface area contributed by atoms with Crippen LogP contribution in [0.15, 0.2) is 59.7 Å². The lowest BCUT2D eigenvalue weighted by Crippen LogP contribution is -2.24. The average molecular weight is 315 g/mol. The molecule has 3 rings (SSSR count). The Labute approximate surface area is 138 Å². The van der Waals surface area contributed by atoms with E-state index in [1.165, 1.54) is 0 Å². The molecule has 6 heteroatoms. The molecular formula is C18H13N5O. The summed E-state index contributed by atoms with van der Waals surface area (Å²) in [7, 11) is 0. The summed E-state index contributed by atoms with van der Waals surface area (Å²) in [5, 5.41) is 10.1. The fraction of sp³-hybridized carbons (Fsp3) is 0. The van der Waals surface area contributed by atoms with Gasteiger partial charge in [0.05, 0.1) is 17.1 Å². The van der Waals surface area contributed by atoms with Crippen LogP contribution in [0.1, 0.15) is 15.9 Å². The van der Waals surface area contributed by atoms with Crippen molar-refractivity contribution in [3.05, 3.63) is 65.9 Å². The first-order valence-corrected chi connectivity index (χ1v) is 7.12. The van der Waals surface area contributed by atoms with E-state index in [0.29, 0.717) is 16.6 Å². The van der Waals surface area contributed by atoms with Crippen molar-refractivity contribution < 1.29 is 4.79 Å². The lowest BCUT2D eigenvalue weighted by Gasteiger charge is -2.09. The van der Waals surface area contributed by atoms with Gasteiger partial charge in [0.2, 0.25) is 0 Å². The van der Waals surface area contributed by atoms with Crippen molar-refractivity contribution in [2.45, 2.75) is 0 Å². The highest BCUT2D eigenvalue weighted by atomic mass is 16.1. The van der Waals surface area contributed by atoms with Crippen molar-refractivity contribution in [1.82, 2.24) is 4.98 Å². The monoisotopic (exact) mass is 315 g/mol. The third-order valence-corrected chi connectivity index (χ3v) is 3.56. The van der Waals surface area contributed by atoms with E-state index in [0.717, 1.165) is 16.5 Å². The summed E-state index contributed by atoms with van der Waals surface area (Å²) >= 11 is 0. The van der Waals surface area contributed by atoms with E-state index >= 15 is 0 Å². The molecule has 0 spiro atoms. The molecule has 0 radical (unpaired) electrons. The number of nitriles is 1. The molecule has 6 nitrogen and oxygen atoms in total. The Morgan fingerprint density at radius 3 is 2.62 bits per heavy atom. The molecule has 1 amide bonds. The van der Waals surface area contributed by atoms with E-state index in [2.05, 4.69) is 16.0 Å². The smallest absolute Gasteiger partial charge is 0.280 e. The molecule has 0 bridgehead atoms. The minimum Gasteiger partial charge on any atom is -0.370 e. The normalized spacial score (nSPS) is 10.1. The van der Waals surface area contributed by atoms with Gasteiger partial charge in [-0.15, -0.1) is 0 Å². The molecule has 24 heavy (non-hydrogen) atoms. The largest absolute Gasteiger partial charge is 0.370 e. The first kappa shape index (κ1) is 15.2. The number of nitrogens with zero attached hydrogens (tertiary/aromatic N) is 3. The SMILES string of the molecule is N#Cc1ccccc1-c1ccnc2ccc(C(=O)N=C(N)N)cc12. The molecule has 3 aromatic rings. The van der Waals surface area contributed by atoms with Crippen LogP contribution < -0.4 is 11.5 Å². The van der Waals surface area contributed by atoms with E-state index < -0.39 is 5.91 Å². The fourth-order valence-corrected chi connectivity index (χ4v) is 2.51. The number of carbonyl (C=O) groups excluding carboxylic acids is 1. The summed E-state index contributed by atoms with van der Waals surface area (Å²) in [5.74, 6) is -0.818. The van der Waals surface area contributed by atoms with Crippen LogP contribution in [0.5, 0.6) is 0 Å². The topological polar surface area (TPSA) is 118 Å². The van der Waals surface area contributed by atoms with Gasteiger partial charge in [0.25, 0.3) is 5.91 Å². The van der Waals surface area contributed by atoms with E-state index in [9.17, 15) is 10.1 Å². The van der Waals surface area contributed by atoms with Crippen LogP contribution in [-0.4, -0.2) is 16.9 Å². The third kappa shape index (κ3) is 2.78. The second-order valence-electron chi connectivity index (χ2n) is 5.09. The number of rotatable bonds is 2. The molecule has 4 N–H and O–H groups in total. The van der Waals surface area contributed by atoms with Gasteiger partial charge in [0.1, 0.15) is 0 Å². The molecule has 0 fully saturated rings. The zero-order valence-electron chi connectivity index (χ0n) is 12.6. The predicted octanol–water partition coefficient (Wildman–Crippen LogP) is 2.19. The summed E-state index contributed by atoms with van der Waals surface area (Å²) in [4.78, 5) is 19.9. The number of benzene rings is 2. The summed E-state index contributed by atoms with van der Waals surface area (Å²) in [5.41, 5.74) is 13.7. The Morgan fingerprint density at radius 2 is 1.88 bits per heavy atom. The maximum absolute atomic E-state index is 12.0. The van der Waals surface area contributed by atoms with Gasteiger partial charge in [0.15, 0.2) is 5.96 Å². The second kappa shape index (κ2) is 6.18. The highest BCUT2D eigenvalue weighted by Gasteiger charge is 2.12.